The fourth-order valence-corrected chi connectivity index (χ4v) is 3.28. The number of aryl methyl sites for hydroxylation is 2. The van der Waals surface area contributed by atoms with Crippen LogP contribution in [0.2, 0.25) is 5.15 Å². The highest BCUT2D eigenvalue weighted by molar-refractivity contribution is 6.30. The van der Waals surface area contributed by atoms with Gasteiger partial charge in [-0.1, -0.05) is 11.6 Å². The van der Waals surface area contributed by atoms with Gasteiger partial charge in [-0.2, -0.15) is 18.3 Å². The van der Waals surface area contributed by atoms with Crippen molar-refractivity contribution in [1.82, 2.24) is 20.0 Å². The quantitative estimate of drug-likeness (QED) is 0.909. The number of halogens is 4. The van der Waals surface area contributed by atoms with Gasteiger partial charge in [0.1, 0.15) is 11.2 Å². The fourth-order valence-electron chi connectivity index (χ4n) is 3.05. The molecule has 0 aromatic carbocycles. The lowest BCUT2D eigenvalue weighted by molar-refractivity contribution is -0.194. The third-order valence-corrected chi connectivity index (χ3v) is 4.57. The summed E-state index contributed by atoms with van der Waals surface area (Å²) in [5.74, 6) is -0.240. The summed E-state index contributed by atoms with van der Waals surface area (Å²) >= 11 is 6.14. The smallest absolute Gasteiger partial charge is 0.352 e. The molecule has 0 spiro atoms. The van der Waals surface area contributed by atoms with Gasteiger partial charge in [0, 0.05) is 38.7 Å². The summed E-state index contributed by atoms with van der Waals surface area (Å²) in [6.45, 7) is 3.27. The van der Waals surface area contributed by atoms with Crippen molar-refractivity contribution in [2.24, 2.45) is 7.05 Å². The number of likely N-dealkylation sites (tertiary alicyclic amines) is 1. The zero-order chi connectivity index (χ0) is 17.4. The van der Waals surface area contributed by atoms with Crippen LogP contribution in [-0.2, 0) is 18.4 Å². The second-order valence-electron chi connectivity index (χ2n) is 5.94. The fraction of sp³-hybridized carbons (Fsp3) is 0.714. The molecule has 5 nitrogen and oxygen atoms in total. The molecule has 1 aromatic rings. The first-order valence-corrected chi connectivity index (χ1v) is 7.73. The van der Waals surface area contributed by atoms with Gasteiger partial charge in [-0.15, -0.1) is 0 Å². The standard InChI is InChI=1S/C14H20ClF3N4O/c1-8-11(13(15)21(3)20-8)7-22-6-10(19-9(2)23)4-5-12(22)14(16,17)18/h10,12H,4-7H2,1-3H3,(H,19,23)/t10-,12+/m1/s1. The van der Waals surface area contributed by atoms with Crippen molar-refractivity contribution < 1.29 is 18.0 Å². The van der Waals surface area contributed by atoms with Crippen molar-refractivity contribution in [3.8, 4) is 0 Å². The van der Waals surface area contributed by atoms with Crippen molar-refractivity contribution in [3.05, 3.63) is 16.4 Å². The summed E-state index contributed by atoms with van der Waals surface area (Å²) in [7, 11) is 1.65. The molecule has 1 aliphatic rings. The number of rotatable bonds is 3. The first-order chi connectivity index (χ1) is 10.6. The Morgan fingerprint density at radius 1 is 1.43 bits per heavy atom. The first-order valence-electron chi connectivity index (χ1n) is 7.35. The molecule has 2 atom stereocenters. The number of carbonyl (C=O) groups is 1. The van der Waals surface area contributed by atoms with E-state index in [9.17, 15) is 18.0 Å². The summed E-state index contributed by atoms with van der Waals surface area (Å²) in [6, 6.07) is -1.83. The molecule has 0 radical (unpaired) electrons. The molecule has 1 aliphatic heterocycles. The van der Waals surface area contributed by atoms with Crippen LogP contribution in [0.15, 0.2) is 0 Å². The van der Waals surface area contributed by atoms with Gasteiger partial charge in [-0.3, -0.25) is 14.4 Å². The van der Waals surface area contributed by atoms with Crippen molar-refractivity contribution in [2.45, 2.75) is 51.5 Å². The van der Waals surface area contributed by atoms with Gasteiger partial charge in [-0.05, 0) is 19.8 Å². The third kappa shape index (κ3) is 4.17. The number of aromatic nitrogens is 2. The summed E-state index contributed by atoms with van der Waals surface area (Å²) in [6.07, 6.45) is -4.06. The van der Waals surface area contributed by atoms with Gasteiger partial charge in [0.2, 0.25) is 5.91 Å². The van der Waals surface area contributed by atoms with Gasteiger partial charge in [0.25, 0.3) is 0 Å². The Balaban J connectivity index is 2.22. The maximum Gasteiger partial charge on any atom is 0.404 e. The molecule has 0 bridgehead atoms. The van der Waals surface area contributed by atoms with E-state index in [0.29, 0.717) is 22.8 Å². The average Bonchev–Trinajstić information content (AvgIpc) is 2.63. The molecule has 1 amide bonds. The molecule has 0 saturated carbocycles. The highest BCUT2D eigenvalue weighted by Gasteiger charge is 2.46. The number of nitrogens with zero attached hydrogens (tertiary/aromatic N) is 3. The van der Waals surface area contributed by atoms with E-state index in [4.69, 9.17) is 11.6 Å². The molecular weight excluding hydrogens is 333 g/mol. The van der Waals surface area contributed by atoms with Crippen LogP contribution in [0.4, 0.5) is 13.2 Å². The zero-order valence-electron chi connectivity index (χ0n) is 13.2. The minimum absolute atomic E-state index is 0.0502. The van der Waals surface area contributed by atoms with Crippen LogP contribution in [0, 0.1) is 6.92 Å². The van der Waals surface area contributed by atoms with E-state index in [1.165, 1.54) is 16.5 Å². The van der Waals surface area contributed by atoms with Crippen LogP contribution in [0.3, 0.4) is 0 Å². The van der Waals surface area contributed by atoms with Crippen LogP contribution in [-0.4, -0.2) is 45.4 Å². The van der Waals surface area contributed by atoms with E-state index in [1.807, 2.05) is 0 Å². The lowest BCUT2D eigenvalue weighted by atomic mass is 9.97. The molecule has 0 aliphatic carbocycles. The molecule has 2 rings (SSSR count). The Bertz CT molecular complexity index is 587. The van der Waals surface area contributed by atoms with E-state index >= 15 is 0 Å². The highest BCUT2D eigenvalue weighted by atomic mass is 35.5. The van der Waals surface area contributed by atoms with Crippen LogP contribution in [0.1, 0.15) is 31.0 Å². The highest BCUT2D eigenvalue weighted by Crippen LogP contribution is 2.34. The lowest BCUT2D eigenvalue weighted by Crippen LogP contribution is -2.55. The Labute approximate surface area is 137 Å². The molecule has 2 heterocycles. The number of piperidine rings is 1. The van der Waals surface area contributed by atoms with E-state index in [2.05, 4.69) is 10.4 Å². The van der Waals surface area contributed by atoms with E-state index in [0.717, 1.165) is 0 Å². The Morgan fingerprint density at radius 3 is 2.57 bits per heavy atom. The zero-order valence-corrected chi connectivity index (χ0v) is 14.0. The maximum atomic E-state index is 13.3. The van der Waals surface area contributed by atoms with Crippen LogP contribution >= 0.6 is 11.6 Å². The molecule has 1 aromatic heterocycles. The van der Waals surface area contributed by atoms with Crippen LogP contribution in [0.25, 0.3) is 0 Å². The van der Waals surface area contributed by atoms with E-state index < -0.39 is 12.2 Å². The van der Waals surface area contributed by atoms with E-state index in [1.54, 1.807) is 14.0 Å². The predicted molar refractivity (Wildman–Crippen MR) is 80.0 cm³/mol. The molecule has 1 saturated heterocycles. The van der Waals surface area contributed by atoms with Gasteiger partial charge < -0.3 is 5.32 Å². The van der Waals surface area contributed by atoms with Gasteiger partial charge in [0.15, 0.2) is 0 Å². The number of carbonyl (C=O) groups excluding carboxylic acids is 1. The number of nitrogens with one attached hydrogen (secondary N) is 1. The minimum atomic E-state index is -4.32. The second-order valence-corrected chi connectivity index (χ2v) is 6.30. The Hall–Kier alpha value is -1.28. The molecule has 130 valence electrons. The molecular formula is C14H20ClF3N4O. The maximum absolute atomic E-state index is 13.3. The molecule has 9 heteroatoms. The SMILES string of the molecule is CC(=O)N[C@@H]1CC[C@@H](C(F)(F)F)N(Cc2c(C)nn(C)c2Cl)C1. The monoisotopic (exact) mass is 352 g/mol. The lowest BCUT2D eigenvalue weighted by Gasteiger charge is -2.40. The summed E-state index contributed by atoms with van der Waals surface area (Å²) in [5.41, 5.74) is 1.20. The first kappa shape index (κ1) is 18.1. The largest absolute Gasteiger partial charge is 0.404 e. The predicted octanol–water partition coefficient (Wildman–Crippen LogP) is 2.41. The van der Waals surface area contributed by atoms with Crippen molar-refractivity contribution >= 4 is 17.5 Å². The van der Waals surface area contributed by atoms with Gasteiger partial charge in [-0.25, -0.2) is 0 Å². The van der Waals surface area contributed by atoms with Crippen molar-refractivity contribution in [2.75, 3.05) is 6.54 Å². The third-order valence-electron chi connectivity index (χ3n) is 4.10. The topological polar surface area (TPSA) is 50.2 Å². The average molecular weight is 353 g/mol. The Kier molecular flexibility index (Phi) is 5.25. The Morgan fingerprint density at radius 2 is 2.09 bits per heavy atom. The van der Waals surface area contributed by atoms with Crippen molar-refractivity contribution in [1.29, 1.82) is 0 Å². The second kappa shape index (κ2) is 6.68. The molecule has 0 unspecified atom stereocenters. The van der Waals surface area contributed by atoms with Crippen LogP contribution < -0.4 is 5.32 Å². The normalized spacial score (nSPS) is 23.1. The minimum Gasteiger partial charge on any atom is -0.352 e. The number of alkyl halides is 3. The summed E-state index contributed by atoms with van der Waals surface area (Å²) in [5, 5.41) is 7.18. The molecule has 1 N–H and O–H groups in total. The van der Waals surface area contributed by atoms with Crippen LogP contribution in [0.5, 0.6) is 0 Å². The summed E-state index contributed by atoms with van der Waals surface area (Å²) in [4.78, 5) is 12.5. The van der Waals surface area contributed by atoms with Crippen molar-refractivity contribution in [3.63, 3.8) is 0 Å². The number of hydrogen-bond acceptors (Lipinski definition) is 3. The van der Waals surface area contributed by atoms with Gasteiger partial charge >= 0.3 is 6.18 Å². The number of hydrogen-bond donors (Lipinski definition) is 1. The molecule has 1 fully saturated rings. The van der Waals surface area contributed by atoms with E-state index in [-0.39, 0.29) is 31.5 Å². The van der Waals surface area contributed by atoms with Gasteiger partial charge in [0.05, 0.1) is 5.69 Å². The number of amides is 1. The summed E-state index contributed by atoms with van der Waals surface area (Å²) < 4.78 is 41.4. The molecule has 23 heavy (non-hydrogen) atoms.